The van der Waals surface area contributed by atoms with Crippen molar-refractivity contribution in [3.63, 3.8) is 0 Å². The van der Waals surface area contributed by atoms with E-state index in [2.05, 4.69) is 5.32 Å². The van der Waals surface area contributed by atoms with Gasteiger partial charge in [0.1, 0.15) is 5.82 Å². The Bertz CT molecular complexity index is 640. The molecule has 1 N–H and O–H groups in total. The maximum Gasteiger partial charge on any atom is 0.416 e. The van der Waals surface area contributed by atoms with Gasteiger partial charge in [0.05, 0.1) is 16.6 Å². The summed E-state index contributed by atoms with van der Waals surface area (Å²) >= 11 is 5.71. The highest BCUT2D eigenvalue weighted by atomic mass is 35.5. The van der Waals surface area contributed by atoms with Gasteiger partial charge in [0.2, 0.25) is 0 Å². The molecule has 1 atom stereocenters. The normalized spacial score (nSPS) is 13.2. The summed E-state index contributed by atoms with van der Waals surface area (Å²) in [6.07, 6.45) is -4.51. The van der Waals surface area contributed by atoms with Crippen LogP contribution in [0.5, 0.6) is 0 Å². The Labute approximate surface area is 124 Å². The van der Waals surface area contributed by atoms with Crippen LogP contribution in [0.3, 0.4) is 0 Å². The summed E-state index contributed by atoms with van der Waals surface area (Å²) in [6.45, 7) is 0. The lowest BCUT2D eigenvalue weighted by Gasteiger charge is -2.22. The van der Waals surface area contributed by atoms with E-state index in [0.29, 0.717) is 0 Å². The van der Waals surface area contributed by atoms with Gasteiger partial charge in [-0.25, -0.2) is 4.39 Å². The van der Waals surface area contributed by atoms with E-state index in [1.807, 2.05) is 0 Å². The molecule has 0 aliphatic heterocycles. The van der Waals surface area contributed by atoms with Gasteiger partial charge in [-0.1, -0.05) is 41.9 Å². The van der Waals surface area contributed by atoms with Crippen molar-refractivity contribution in [2.75, 3.05) is 7.05 Å². The summed E-state index contributed by atoms with van der Waals surface area (Å²) in [5.74, 6) is -0.726. The minimum Gasteiger partial charge on any atom is -0.309 e. The van der Waals surface area contributed by atoms with Crippen LogP contribution in [0.2, 0.25) is 5.02 Å². The van der Waals surface area contributed by atoms with Gasteiger partial charge in [0, 0.05) is 5.56 Å². The molecule has 0 saturated carbocycles. The summed E-state index contributed by atoms with van der Waals surface area (Å²) in [5.41, 5.74) is -0.779. The zero-order valence-electron chi connectivity index (χ0n) is 11.0. The van der Waals surface area contributed by atoms with Gasteiger partial charge in [-0.15, -0.1) is 0 Å². The number of hydrogen-bond donors (Lipinski definition) is 1. The lowest BCUT2D eigenvalue weighted by molar-refractivity contribution is -0.138. The lowest BCUT2D eigenvalue weighted by atomic mass is 9.94. The van der Waals surface area contributed by atoms with E-state index >= 15 is 0 Å². The smallest absolute Gasteiger partial charge is 0.309 e. The molecule has 0 amide bonds. The SMILES string of the molecule is CNC(c1ccccc1C(F)(F)F)c1cccc(Cl)c1F. The first kappa shape index (κ1) is 15.8. The van der Waals surface area contributed by atoms with E-state index in [4.69, 9.17) is 11.6 Å². The molecule has 21 heavy (non-hydrogen) atoms. The fourth-order valence-corrected chi connectivity index (χ4v) is 2.41. The van der Waals surface area contributed by atoms with Crippen LogP contribution >= 0.6 is 11.6 Å². The highest BCUT2D eigenvalue weighted by Crippen LogP contribution is 2.37. The predicted octanol–water partition coefficient (Wildman–Crippen LogP) is 4.81. The predicted molar refractivity (Wildman–Crippen MR) is 73.8 cm³/mol. The van der Waals surface area contributed by atoms with Crippen molar-refractivity contribution in [3.8, 4) is 0 Å². The first-order valence-corrected chi connectivity index (χ1v) is 6.51. The Kier molecular flexibility index (Phi) is 4.54. The molecule has 0 aliphatic carbocycles. The third-order valence-electron chi connectivity index (χ3n) is 3.16. The average Bonchev–Trinajstić information content (AvgIpc) is 2.44. The van der Waals surface area contributed by atoms with Crippen molar-refractivity contribution in [1.82, 2.24) is 5.32 Å². The van der Waals surface area contributed by atoms with E-state index in [-0.39, 0.29) is 16.1 Å². The van der Waals surface area contributed by atoms with E-state index in [0.717, 1.165) is 6.07 Å². The minimum absolute atomic E-state index is 0.0475. The van der Waals surface area contributed by atoms with Gasteiger partial charge < -0.3 is 5.32 Å². The number of alkyl halides is 3. The quantitative estimate of drug-likeness (QED) is 0.801. The minimum atomic E-state index is -4.51. The number of benzene rings is 2. The molecule has 0 heterocycles. The highest BCUT2D eigenvalue weighted by molar-refractivity contribution is 6.30. The van der Waals surface area contributed by atoms with Crippen LogP contribution in [0.15, 0.2) is 42.5 Å². The molecular weight excluding hydrogens is 306 g/mol. The van der Waals surface area contributed by atoms with Crippen molar-refractivity contribution >= 4 is 11.6 Å². The van der Waals surface area contributed by atoms with Crippen LogP contribution in [0.1, 0.15) is 22.7 Å². The summed E-state index contributed by atoms with van der Waals surface area (Å²) < 4.78 is 53.4. The van der Waals surface area contributed by atoms with Crippen LogP contribution in [-0.2, 0) is 6.18 Å². The van der Waals surface area contributed by atoms with Crippen LogP contribution in [0.4, 0.5) is 17.6 Å². The van der Waals surface area contributed by atoms with Gasteiger partial charge in [0.25, 0.3) is 0 Å². The fraction of sp³-hybridized carbons (Fsp3) is 0.200. The van der Waals surface area contributed by atoms with Crippen molar-refractivity contribution in [3.05, 3.63) is 70.0 Å². The second kappa shape index (κ2) is 6.03. The van der Waals surface area contributed by atoms with Gasteiger partial charge in [-0.05, 0) is 24.7 Å². The standard InChI is InChI=1S/C15H12ClF4N/c1-21-14(10-6-4-8-12(16)13(10)17)9-5-2-3-7-11(9)15(18,19)20/h2-8,14,21H,1H3. The average molecular weight is 318 g/mol. The van der Waals surface area contributed by atoms with Gasteiger partial charge in [-0.3, -0.25) is 0 Å². The molecule has 112 valence electrons. The van der Waals surface area contributed by atoms with E-state index in [9.17, 15) is 17.6 Å². The first-order chi connectivity index (χ1) is 9.86. The second-order valence-electron chi connectivity index (χ2n) is 4.45. The molecule has 0 spiro atoms. The van der Waals surface area contributed by atoms with Gasteiger partial charge in [-0.2, -0.15) is 13.2 Å². The van der Waals surface area contributed by atoms with Crippen LogP contribution < -0.4 is 5.32 Å². The lowest BCUT2D eigenvalue weighted by Crippen LogP contribution is -2.23. The number of hydrogen-bond acceptors (Lipinski definition) is 1. The summed E-state index contributed by atoms with van der Waals surface area (Å²) in [5, 5.41) is 2.59. The highest BCUT2D eigenvalue weighted by Gasteiger charge is 2.35. The third kappa shape index (κ3) is 3.19. The second-order valence-corrected chi connectivity index (χ2v) is 4.86. The summed E-state index contributed by atoms with van der Waals surface area (Å²) in [6, 6.07) is 8.40. The maximum atomic E-state index is 14.1. The monoisotopic (exact) mass is 317 g/mol. The van der Waals surface area contributed by atoms with E-state index in [1.165, 1.54) is 43.4 Å². The Morgan fingerprint density at radius 3 is 2.24 bits per heavy atom. The fourth-order valence-electron chi connectivity index (χ4n) is 2.23. The largest absolute Gasteiger partial charge is 0.416 e. The molecule has 0 radical (unpaired) electrons. The Morgan fingerprint density at radius 2 is 1.62 bits per heavy atom. The maximum absolute atomic E-state index is 14.1. The molecule has 0 aliphatic rings. The summed E-state index contributed by atoms with van der Waals surface area (Å²) in [7, 11) is 1.47. The molecule has 0 bridgehead atoms. The van der Waals surface area contributed by atoms with Gasteiger partial charge >= 0.3 is 6.18 Å². The van der Waals surface area contributed by atoms with Crippen molar-refractivity contribution in [2.45, 2.75) is 12.2 Å². The molecule has 2 aromatic carbocycles. The Morgan fingerprint density at radius 1 is 1.00 bits per heavy atom. The first-order valence-electron chi connectivity index (χ1n) is 6.13. The molecule has 2 rings (SSSR count). The molecule has 6 heteroatoms. The van der Waals surface area contributed by atoms with E-state index in [1.54, 1.807) is 0 Å². The third-order valence-corrected chi connectivity index (χ3v) is 3.45. The topological polar surface area (TPSA) is 12.0 Å². The summed E-state index contributed by atoms with van der Waals surface area (Å²) in [4.78, 5) is 0. The zero-order valence-corrected chi connectivity index (χ0v) is 11.8. The number of halogens is 5. The van der Waals surface area contributed by atoms with Crippen molar-refractivity contribution in [1.29, 1.82) is 0 Å². The van der Waals surface area contributed by atoms with Crippen LogP contribution in [0.25, 0.3) is 0 Å². The Hall–Kier alpha value is -1.59. The molecule has 0 saturated heterocycles. The van der Waals surface area contributed by atoms with Crippen molar-refractivity contribution in [2.24, 2.45) is 0 Å². The van der Waals surface area contributed by atoms with Gasteiger partial charge in [0.15, 0.2) is 0 Å². The molecule has 1 unspecified atom stereocenters. The Balaban J connectivity index is 2.60. The van der Waals surface area contributed by atoms with Crippen LogP contribution in [0, 0.1) is 5.82 Å². The molecule has 2 aromatic rings. The molecule has 0 fully saturated rings. The van der Waals surface area contributed by atoms with Crippen molar-refractivity contribution < 1.29 is 17.6 Å². The van der Waals surface area contributed by atoms with E-state index < -0.39 is 23.6 Å². The zero-order chi connectivity index (χ0) is 15.6. The molecule has 1 nitrogen and oxygen atoms in total. The number of rotatable bonds is 3. The molecular formula is C15H12ClF4N. The number of nitrogens with one attached hydrogen (secondary N) is 1. The van der Waals surface area contributed by atoms with Crippen LogP contribution in [-0.4, -0.2) is 7.05 Å². The molecule has 0 aromatic heterocycles.